The summed E-state index contributed by atoms with van der Waals surface area (Å²) in [7, 11) is 0. The maximum atomic E-state index is 12.7. The van der Waals surface area contributed by atoms with Crippen molar-refractivity contribution >= 4 is 34.4 Å². The number of ketones is 1. The van der Waals surface area contributed by atoms with Crippen LogP contribution in [0.2, 0.25) is 0 Å². The first kappa shape index (κ1) is 20.1. The van der Waals surface area contributed by atoms with E-state index in [1.54, 1.807) is 34.4 Å². The molecule has 27 heavy (non-hydrogen) atoms. The normalized spacial score (nSPS) is 13.7. The zero-order valence-electron chi connectivity index (χ0n) is 15.3. The van der Waals surface area contributed by atoms with Gasteiger partial charge in [-0.15, -0.1) is 22.7 Å². The van der Waals surface area contributed by atoms with Crippen LogP contribution < -0.4 is 5.48 Å². The van der Waals surface area contributed by atoms with E-state index >= 15 is 0 Å². The van der Waals surface area contributed by atoms with Crippen LogP contribution in [0.3, 0.4) is 0 Å². The summed E-state index contributed by atoms with van der Waals surface area (Å²) in [5.41, 5.74) is 2.33. The van der Waals surface area contributed by atoms with Crippen LogP contribution in [-0.4, -0.2) is 26.9 Å². The van der Waals surface area contributed by atoms with E-state index in [0.717, 1.165) is 66.3 Å². The Kier molecular flexibility index (Phi) is 7.49. The van der Waals surface area contributed by atoms with Crippen LogP contribution in [0, 0.1) is 0 Å². The lowest BCUT2D eigenvalue weighted by atomic mass is 10.0. The van der Waals surface area contributed by atoms with E-state index in [4.69, 9.17) is 5.21 Å². The number of Topliss-reactive ketones (excluding diaryl/α,β-unsaturated/α-hetero) is 1. The van der Waals surface area contributed by atoms with Crippen molar-refractivity contribution in [2.45, 2.75) is 70.1 Å². The van der Waals surface area contributed by atoms with E-state index in [1.807, 2.05) is 5.38 Å². The Bertz CT molecular complexity index is 754. The number of rotatable bonds is 12. The predicted octanol–water partition coefficient (Wildman–Crippen LogP) is 4.95. The van der Waals surface area contributed by atoms with Crippen LogP contribution in [0.1, 0.15) is 85.5 Å². The molecule has 0 bridgehead atoms. The van der Waals surface area contributed by atoms with Crippen molar-refractivity contribution in [2.75, 3.05) is 0 Å². The van der Waals surface area contributed by atoms with Gasteiger partial charge in [0.1, 0.15) is 5.69 Å². The van der Waals surface area contributed by atoms with Crippen LogP contribution in [0.15, 0.2) is 11.6 Å². The summed E-state index contributed by atoms with van der Waals surface area (Å²) >= 11 is 3.20. The summed E-state index contributed by atoms with van der Waals surface area (Å²) in [6.45, 7) is 0. The Labute approximate surface area is 167 Å². The Balaban J connectivity index is 1.41. The number of hydrogen-bond donors (Lipinski definition) is 2. The molecule has 2 N–H and O–H groups in total. The van der Waals surface area contributed by atoms with Crippen molar-refractivity contribution in [3.63, 3.8) is 0 Å². The molecule has 1 aliphatic carbocycles. The fraction of sp³-hybridized carbons (Fsp3) is 0.579. The van der Waals surface area contributed by atoms with Gasteiger partial charge in [0.2, 0.25) is 5.91 Å². The maximum Gasteiger partial charge on any atom is 0.243 e. The molecule has 1 amide bonds. The summed E-state index contributed by atoms with van der Waals surface area (Å²) < 4.78 is 0. The predicted molar refractivity (Wildman–Crippen MR) is 106 cm³/mol. The molecule has 146 valence electrons. The molecule has 0 unspecified atom stereocenters. The van der Waals surface area contributed by atoms with Crippen LogP contribution in [0.4, 0.5) is 0 Å². The molecule has 3 rings (SSSR count). The Morgan fingerprint density at radius 1 is 1.07 bits per heavy atom. The highest BCUT2D eigenvalue weighted by molar-refractivity contribution is 7.20. The summed E-state index contributed by atoms with van der Waals surface area (Å²) in [6, 6.07) is 0. The molecule has 2 heterocycles. The third kappa shape index (κ3) is 5.92. The molecule has 0 aliphatic heterocycles. The molecule has 1 fully saturated rings. The number of carbonyl (C=O) groups excluding carboxylic acids is 2. The van der Waals surface area contributed by atoms with Crippen LogP contribution >= 0.6 is 22.7 Å². The van der Waals surface area contributed by atoms with Gasteiger partial charge in [0.05, 0.1) is 0 Å². The minimum Gasteiger partial charge on any atom is -0.292 e. The molecule has 0 saturated heterocycles. The van der Waals surface area contributed by atoms with E-state index < -0.39 is 0 Å². The zero-order valence-corrected chi connectivity index (χ0v) is 16.9. The first-order valence-corrected chi connectivity index (χ1v) is 11.3. The average Bonchev–Trinajstić information content (AvgIpc) is 3.20. The SMILES string of the molecule is O=C(CCCCCCCCC(=O)c1nc(-c2nccs2)sc1C1CC1)NO. The van der Waals surface area contributed by atoms with Gasteiger partial charge < -0.3 is 0 Å². The van der Waals surface area contributed by atoms with Crippen molar-refractivity contribution in [2.24, 2.45) is 0 Å². The number of hydrogen-bond acceptors (Lipinski definition) is 7. The van der Waals surface area contributed by atoms with E-state index in [0.29, 0.717) is 24.5 Å². The first-order chi connectivity index (χ1) is 13.2. The monoisotopic (exact) mass is 407 g/mol. The van der Waals surface area contributed by atoms with E-state index in [2.05, 4.69) is 9.97 Å². The number of carbonyl (C=O) groups is 2. The standard InChI is InChI=1S/C19H25N3O3S2/c23-14(7-5-3-1-2-4-6-8-15(24)22-25)16-17(13-9-10-13)27-19(21-16)18-20-11-12-26-18/h11-13,25H,1-10H2,(H,22,24). The fourth-order valence-corrected chi connectivity index (χ4v) is 4.96. The van der Waals surface area contributed by atoms with Crippen LogP contribution in [0.5, 0.6) is 0 Å². The van der Waals surface area contributed by atoms with Crippen molar-refractivity contribution in [1.82, 2.24) is 15.4 Å². The molecular formula is C19H25N3O3S2. The van der Waals surface area contributed by atoms with E-state index in [1.165, 1.54) is 0 Å². The number of unbranched alkanes of at least 4 members (excludes halogenated alkanes) is 5. The van der Waals surface area contributed by atoms with E-state index in [-0.39, 0.29) is 11.7 Å². The molecule has 1 saturated carbocycles. The van der Waals surface area contributed by atoms with Gasteiger partial charge in [0.25, 0.3) is 0 Å². The number of amides is 1. The van der Waals surface area contributed by atoms with Gasteiger partial charge in [-0.25, -0.2) is 15.4 Å². The van der Waals surface area contributed by atoms with E-state index in [9.17, 15) is 9.59 Å². The third-order valence-electron chi connectivity index (χ3n) is 4.66. The van der Waals surface area contributed by atoms with Gasteiger partial charge in [-0.05, 0) is 31.6 Å². The Morgan fingerprint density at radius 3 is 2.41 bits per heavy atom. The lowest BCUT2D eigenvalue weighted by molar-refractivity contribution is -0.129. The van der Waals surface area contributed by atoms with Crippen molar-refractivity contribution in [1.29, 1.82) is 0 Å². The lowest BCUT2D eigenvalue weighted by Gasteiger charge is -2.02. The van der Waals surface area contributed by atoms with Crippen LogP contribution in [-0.2, 0) is 4.79 Å². The second-order valence-corrected chi connectivity index (χ2v) is 8.85. The smallest absolute Gasteiger partial charge is 0.243 e. The largest absolute Gasteiger partial charge is 0.292 e. The highest BCUT2D eigenvalue weighted by Gasteiger charge is 2.32. The Hall–Kier alpha value is -1.64. The highest BCUT2D eigenvalue weighted by atomic mass is 32.1. The van der Waals surface area contributed by atoms with Gasteiger partial charge in [0, 0.05) is 29.3 Å². The first-order valence-electron chi connectivity index (χ1n) is 9.55. The second kappa shape index (κ2) is 10.1. The highest BCUT2D eigenvalue weighted by Crippen LogP contribution is 2.46. The van der Waals surface area contributed by atoms with Gasteiger partial charge in [-0.1, -0.05) is 25.7 Å². The number of nitrogens with zero attached hydrogens (tertiary/aromatic N) is 2. The second-order valence-electron chi connectivity index (χ2n) is 6.92. The van der Waals surface area contributed by atoms with Crippen molar-refractivity contribution in [3.05, 3.63) is 22.1 Å². The maximum absolute atomic E-state index is 12.7. The molecule has 0 atom stereocenters. The third-order valence-corrected chi connectivity index (χ3v) is 6.80. The number of hydroxylamine groups is 1. The Morgan fingerprint density at radius 2 is 1.78 bits per heavy atom. The number of thiazole rings is 2. The summed E-state index contributed by atoms with van der Waals surface area (Å²) in [5.74, 6) is 0.356. The fourth-order valence-electron chi connectivity index (χ4n) is 3.03. The van der Waals surface area contributed by atoms with Crippen molar-refractivity contribution in [3.8, 4) is 10.0 Å². The summed E-state index contributed by atoms with van der Waals surface area (Å²) in [5, 5.41) is 12.1. The average molecular weight is 408 g/mol. The molecule has 1 aliphatic rings. The molecule has 0 aromatic carbocycles. The van der Waals surface area contributed by atoms with Gasteiger partial charge >= 0.3 is 0 Å². The molecule has 6 nitrogen and oxygen atoms in total. The number of aromatic nitrogens is 2. The molecule has 8 heteroatoms. The molecule has 0 spiro atoms. The molecule has 2 aromatic rings. The summed E-state index contributed by atoms with van der Waals surface area (Å²) in [4.78, 5) is 33.7. The van der Waals surface area contributed by atoms with Crippen LogP contribution in [0.25, 0.3) is 10.0 Å². The molecule has 0 radical (unpaired) electrons. The summed E-state index contributed by atoms with van der Waals surface area (Å²) in [6.07, 6.45) is 10.8. The number of nitrogens with one attached hydrogen (secondary N) is 1. The molecular weight excluding hydrogens is 382 g/mol. The van der Waals surface area contributed by atoms with Crippen molar-refractivity contribution < 1.29 is 14.8 Å². The molecule has 2 aromatic heterocycles. The van der Waals surface area contributed by atoms with Gasteiger partial charge in [-0.3, -0.25) is 14.8 Å². The van der Waals surface area contributed by atoms with Gasteiger partial charge in [-0.2, -0.15) is 0 Å². The minimum absolute atomic E-state index is 0.163. The van der Waals surface area contributed by atoms with Gasteiger partial charge in [0.15, 0.2) is 15.8 Å². The zero-order chi connectivity index (χ0) is 19.1. The topological polar surface area (TPSA) is 92.2 Å². The lowest BCUT2D eigenvalue weighted by Crippen LogP contribution is -2.17. The quantitative estimate of drug-likeness (QED) is 0.225. The minimum atomic E-state index is -0.326.